The van der Waals surface area contributed by atoms with Gasteiger partial charge in [0.2, 0.25) is 0 Å². The van der Waals surface area contributed by atoms with Gasteiger partial charge in [0.15, 0.2) is 0 Å². The number of morpholine rings is 1. The molecule has 0 spiro atoms. The Morgan fingerprint density at radius 1 is 1.43 bits per heavy atom. The van der Waals surface area contributed by atoms with E-state index in [0.717, 1.165) is 25.1 Å². The van der Waals surface area contributed by atoms with Crippen LogP contribution in [0.1, 0.15) is 25.8 Å². The summed E-state index contributed by atoms with van der Waals surface area (Å²) in [6, 6.07) is 12.9. The van der Waals surface area contributed by atoms with Crippen LogP contribution in [0, 0.1) is 11.3 Å². The Labute approximate surface area is 127 Å². The second kappa shape index (κ2) is 7.04. The van der Waals surface area contributed by atoms with Gasteiger partial charge in [-0.2, -0.15) is 5.26 Å². The predicted octanol–water partition coefficient (Wildman–Crippen LogP) is 2.12. The second-order valence-electron chi connectivity index (χ2n) is 5.77. The van der Waals surface area contributed by atoms with Crippen molar-refractivity contribution in [3.05, 3.63) is 35.9 Å². The summed E-state index contributed by atoms with van der Waals surface area (Å²) in [7, 11) is 1.86. The SMILES string of the molecule is CCC1COC(C)CN1CC(C#N)(NC)c1ccccc1. The van der Waals surface area contributed by atoms with E-state index >= 15 is 0 Å². The van der Waals surface area contributed by atoms with Gasteiger partial charge in [-0.15, -0.1) is 0 Å². The standard InChI is InChI=1S/C17H25N3O/c1-4-16-11-21-14(2)10-20(16)13-17(12-18,19-3)15-8-6-5-7-9-15/h5-9,14,16,19H,4,10-11,13H2,1-3H3. The molecule has 1 aliphatic rings. The summed E-state index contributed by atoms with van der Waals surface area (Å²) in [6.07, 6.45) is 1.25. The van der Waals surface area contributed by atoms with Crippen LogP contribution in [0.5, 0.6) is 0 Å². The fourth-order valence-electron chi connectivity index (χ4n) is 2.98. The summed E-state index contributed by atoms with van der Waals surface area (Å²) >= 11 is 0. The number of hydrogen-bond acceptors (Lipinski definition) is 4. The lowest BCUT2D eigenvalue weighted by Gasteiger charge is -2.42. The Kier molecular flexibility index (Phi) is 5.35. The van der Waals surface area contributed by atoms with E-state index in [1.807, 2.05) is 37.4 Å². The topological polar surface area (TPSA) is 48.3 Å². The van der Waals surface area contributed by atoms with Crippen LogP contribution in [0.3, 0.4) is 0 Å². The van der Waals surface area contributed by atoms with Crippen molar-refractivity contribution in [2.75, 3.05) is 26.7 Å². The van der Waals surface area contributed by atoms with Gasteiger partial charge < -0.3 is 4.74 Å². The number of rotatable bonds is 5. The molecule has 0 aliphatic carbocycles. The normalized spacial score (nSPS) is 26.0. The summed E-state index contributed by atoms with van der Waals surface area (Å²) in [5.74, 6) is 0. The molecule has 2 rings (SSSR count). The first kappa shape index (κ1) is 16.0. The molecule has 3 atom stereocenters. The lowest BCUT2D eigenvalue weighted by molar-refractivity contribution is -0.0616. The van der Waals surface area contributed by atoms with Gasteiger partial charge in [0.25, 0.3) is 0 Å². The zero-order chi connectivity index (χ0) is 15.3. The molecule has 114 valence electrons. The van der Waals surface area contributed by atoms with E-state index in [1.54, 1.807) is 0 Å². The maximum absolute atomic E-state index is 9.82. The van der Waals surface area contributed by atoms with E-state index in [2.05, 4.69) is 30.1 Å². The average molecular weight is 287 g/mol. The van der Waals surface area contributed by atoms with Gasteiger partial charge in [-0.1, -0.05) is 37.3 Å². The Morgan fingerprint density at radius 3 is 2.71 bits per heavy atom. The fourth-order valence-corrected chi connectivity index (χ4v) is 2.98. The third-order valence-corrected chi connectivity index (χ3v) is 4.38. The van der Waals surface area contributed by atoms with Gasteiger partial charge in [-0.05, 0) is 26.0 Å². The number of benzene rings is 1. The van der Waals surface area contributed by atoms with Crippen molar-refractivity contribution in [2.45, 2.75) is 38.0 Å². The first-order chi connectivity index (χ1) is 10.1. The van der Waals surface area contributed by atoms with E-state index in [0.29, 0.717) is 12.6 Å². The maximum Gasteiger partial charge on any atom is 0.144 e. The van der Waals surface area contributed by atoms with Crippen molar-refractivity contribution in [3.63, 3.8) is 0 Å². The maximum atomic E-state index is 9.82. The summed E-state index contributed by atoms with van der Waals surface area (Å²) in [5.41, 5.74) is 0.343. The molecule has 0 radical (unpaired) electrons. The Bertz CT molecular complexity index is 485. The van der Waals surface area contributed by atoms with Crippen LogP contribution >= 0.6 is 0 Å². The second-order valence-corrected chi connectivity index (χ2v) is 5.77. The molecule has 21 heavy (non-hydrogen) atoms. The van der Waals surface area contributed by atoms with Gasteiger partial charge in [0, 0.05) is 19.1 Å². The van der Waals surface area contributed by atoms with Crippen LogP contribution in [-0.4, -0.2) is 43.8 Å². The van der Waals surface area contributed by atoms with Crippen molar-refractivity contribution in [2.24, 2.45) is 0 Å². The highest BCUT2D eigenvalue weighted by atomic mass is 16.5. The minimum atomic E-state index is -0.675. The summed E-state index contributed by atoms with van der Waals surface area (Å²) in [4.78, 5) is 2.39. The van der Waals surface area contributed by atoms with Crippen LogP contribution in [-0.2, 0) is 10.3 Å². The van der Waals surface area contributed by atoms with Gasteiger partial charge >= 0.3 is 0 Å². The molecule has 1 saturated heterocycles. The number of hydrogen-bond donors (Lipinski definition) is 1. The van der Waals surface area contributed by atoms with Crippen LogP contribution in [0.2, 0.25) is 0 Å². The molecule has 1 aromatic carbocycles. The van der Waals surface area contributed by atoms with E-state index < -0.39 is 5.54 Å². The molecule has 1 aromatic rings. The first-order valence-electron chi connectivity index (χ1n) is 7.66. The molecule has 0 saturated carbocycles. The third kappa shape index (κ3) is 3.44. The molecule has 0 bridgehead atoms. The first-order valence-corrected chi connectivity index (χ1v) is 7.66. The van der Waals surface area contributed by atoms with E-state index in [-0.39, 0.29) is 6.10 Å². The molecule has 0 aromatic heterocycles. The lowest BCUT2D eigenvalue weighted by atomic mass is 9.90. The number of ether oxygens (including phenoxy) is 1. The molecular weight excluding hydrogens is 262 g/mol. The van der Waals surface area contributed by atoms with Crippen molar-refractivity contribution in [1.29, 1.82) is 5.26 Å². The molecule has 1 aliphatic heterocycles. The summed E-state index contributed by atoms with van der Waals surface area (Å²) in [5, 5.41) is 13.1. The molecule has 1 N–H and O–H groups in total. The van der Waals surface area contributed by atoms with Crippen LogP contribution in [0.4, 0.5) is 0 Å². The molecule has 1 fully saturated rings. The minimum Gasteiger partial charge on any atom is -0.376 e. The van der Waals surface area contributed by atoms with E-state index in [9.17, 15) is 5.26 Å². The Hall–Kier alpha value is -1.41. The van der Waals surface area contributed by atoms with Gasteiger partial charge in [-0.25, -0.2) is 0 Å². The zero-order valence-corrected chi connectivity index (χ0v) is 13.2. The summed E-state index contributed by atoms with van der Waals surface area (Å²) < 4.78 is 5.75. The van der Waals surface area contributed by atoms with Gasteiger partial charge in [-0.3, -0.25) is 10.2 Å². The molecule has 0 amide bonds. The van der Waals surface area contributed by atoms with Gasteiger partial charge in [0.1, 0.15) is 5.54 Å². The van der Waals surface area contributed by atoms with Crippen LogP contribution < -0.4 is 5.32 Å². The van der Waals surface area contributed by atoms with Gasteiger partial charge in [0.05, 0.1) is 18.8 Å². The number of nitrogens with zero attached hydrogens (tertiary/aromatic N) is 2. The zero-order valence-electron chi connectivity index (χ0n) is 13.2. The largest absolute Gasteiger partial charge is 0.376 e. The van der Waals surface area contributed by atoms with Crippen LogP contribution in [0.25, 0.3) is 0 Å². The highest BCUT2D eigenvalue weighted by Gasteiger charge is 2.36. The molecule has 1 heterocycles. The third-order valence-electron chi connectivity index (χ3n) is 4.38. The minimum absolute atomic E-state index is 0.219. The quantitative estimate of drug-likeness (QED) is 0.901. The molecular formula is C17H25N3O. The number of likely N-dealkylation sites (N-methyl/N-ethyl adjacent to an activating group) is 1. The lowest BCUT2D eigenvalue weighted by Crippen LogP contribution is -2.56. The molecule has 3 unspecified atom stereocenters. The monoisotopic (exact) mass is 287 g/mol. The van der Waals surface area contributed by atoms with Crippen LogP contribution in [0.15, 0.2) is 30.3 Å². The smallest absolute Gasteiger partial charge is 0.144 e. The van der Waals surface area contributed by atoms with E-state index in [4.69, 9.17) is 4.74 Å². The van der Waals surface area contributed by atoms with Crippen molar-refractivity contribution in [1.82, 2.24) is 10.2 Å². The predicted molar refractivity (Wildman–Crippen MR) is 83.9 cm³/mol. The Morgan fingerprint density at radius 2 is 2.14 bits per heavy atom. The summed E-state index contributed by atoms with van der Waals surface area (Å²) in [6.45, 7) is 6.56. The molecule has 4 heteroatoms. The van der Waals surface area contributed by atoms with E-state index in [1.165, 1.54) is 0 Å². The van der Waals surface area contributed by atoms with Crippen molar-refractivity contribution in [3.8, 4) is 6.07 Å². The van der Waals surface area contributed by atoms with Crippen molar-refractivity contribution >= 4 is 0 Å². The molecule has 4 nitrogen and oxygen atoms in total. The average Bonchev–Trinajstić information content (AvgIpc) is 2.54. The van der Waals surface area contributed by atoms with Crippen molar-refractivity contribution < 1.29 is 4.74 Å². The number of nitrogens with one attached hydrogen (secondary N) is 1. The Balaban J connectivity index is 2.25. The fraction of sp³-hybridized carbons (Fsp3) is 0.588. The number of nitriles is 1. The highest BCUT2D eigenvalue weighted by molar-refractivity contribution is 5.32. The highest BCUT2D eigenvalue weighted by Crippen LogP contribution is 2.25.